The van der Waals surface area contributed by atoms with Gasteiger partial charge < -0.3 is 24.7 Å². The maximum absolute atomic E-state index is 5.42. The summed E-state index contributed by atoms with van der Waals surface area (Å²) in [4.78, 5) is 23.7. The predicted molar refractivity (Wildman–Crippen MR) is 123 cm³/mol. The highest BCUT2D eigenvalue weighted by Crippen LogP contribution is 2.24. The van der Waals surface area contributed by atoms with Gasteiger partial charge in [0.05, 0.1) is 26.7 Å². The van der Waals surface area contributed by atoms with Crippen LogP contribution in [-0.4, -0.2) is 64.9 Å². The highest BCUT2D eigenvalue weighted by molar-refractivity contribution is 5.84. The standard InChI is InChI=1S/C23H25N7O2/c1-31-18-5-2-16(3-6-18)8-9-24-22-20-23(27-15-26-20)29-21(28-22)17-4-7-19(25-14-17)30-10-12-32-13-11-30/h2-7,14-15H,8-13H2,1H3,(H2,24,26,27,28,29). The number of ether oxygens (including phenoxy) is 2. The number of hydrogen-bond donors (Lipinski definition) is 2. The molecule has 0 saturated carbocycles. The number of aromatic nitrogens is 5. The first kappa shape index (κ1) is 20.2. The molecule has 4 aromatic rings. The third kappa shape index (κ3) is 4.33. The number of nitrogens with zero attached hydrogens (tertiary/aromatic N) is 5. The molecule has 4 heterocycles. The lowest BCUT2D eigenvalue weighted by atomic mass is 10.1. The van der Waals surface area contributed by atoms with Crippen molar-refractivity contribution in [3.63, 3.8) is 0 Å². The summed E-state index contributed by atoms with van der Waals surface area (Å²) in [5, 5.41) is 3.43. The van der Waals surface area contributed by atoms with Gasteiger partial charge in [0.15, 0.2) is 17.3 Å². The molecule has 0 aliphatic carbocycles. The summed E-state index contributed by atoms with van der Waals surface area (Å²) in [6.45, 7) is 3.89. The first-order valence-corrected chi connectivity index (χ1v) is 10.7. The Morgan fingerprint density at radius 3 is 2.66 bits per heavy atom. The van der Waals surface area contributed by atoms with Gasteiger partial charge in [-0.2, -0.15) is 0 Å². The lowest BCUT2D eigenvalue weighted by Gasteiger charge is -2.27. The van der Waals surface area contributed by atoms with Crippen molar-refractivity contribution in [3.05, 3.63) is 54.5 Å². The molecule has 5 rings (SSSR count). The highest BCUT2D eigenvalue weighted by Gasteiger charge is 2.15. The SMILES string of the molecule is COc1ccc(CCNc2nc(-c3ccc(N4CCOCC4)nc3)nc3nc[nH]c23)cc1. The summed E-state index contributed by atoms with van der Waals surface area (Å²) in [6, 6.07) is 12.1. The third-order valence-electron chi connectivity index (χ3n) is 5.49. The summed E-state index contributed by atoms with van der Waals surface area (Å²) in [7, 11) is 1.67. The fraction of sp³-hybridized carbons (Fsp3) is 0.304. The van der Waals surface area contributed by atoms with Gasteiger partial charge in [-0.3, -0.25) is 0 Å². The lowest BCUT2D eigenvalue weighted by Crippen LogP contribution is -2.36. The Hall–Kier alpha value is -3.72. The van der Waals surface area contributed by atoms with Crippen LogP contribution < -0.4 is 15.0 Å². The summed E-state index contributed by atoms with van der Waals surface area (Å²) < 4.78 is 10.6. The Kier molecular flexibility index (Phi) is 5.80. The van der Waals surface area contributed by atoms with Crippen molar-refractivity contribution >= 4 is 22.8 Å². The van der Waals surface area contributed by atoms with E-state index in [1.807, 2.05) is 30.5 Å². The van der Waals surface area contributed by atoms with Crippen molar-refractivity contribution in [2.75, 3.05) is 50.2 Å². The van der Waals surface area contributed by atoms with Gasteiger partial charge >= 0.3 is 0 Å². The van der Waals surface area contributed by atoms with Crippen LogP contribution in [0.25, 0.3) is 22.6 Å². The number of pyridine rings is 1. The van der Waals surface area contributed by atoms with Crippen molar-refractivity contribution in [2.24, 2.45) is 0 Å². The molecular formula is C23H25N7O2. The molecule has 3 aromatic heterocycles. The molecule has 1 saturated heterocycles. The van der Waals surface area contributed by atoms with Gasteiger partial charge in [-0.25, -0.2) is 19.9 Å². The number of imidazole rings is 1. The van der Waals surface area contributed by atoms with Crippen molar-refractivity contribution in [1.82, 2.24) is 24.9 Å². The van der Waals surface area contributed by atoms with Crippen LogP contribution in [0.3, 0.4) is 0 Å². The minimum atomic E-state index is 0.595. The third-order valence-corrected chi connectivity index (χ3v) is 5.49. The number of fused-ring (bicyclic) bond motifs is 1. The largest absolute Gasteiger partial charge is 0.497 e. The number of anilines is 2. The molecule has 1 aromatic carbocycles. The number of hydrogen-bond acceptors (Lipinski definition) is 8. The van der Waals surface area contributed by atoms with E-state index in [1.54, 1.807) is 13.4 Å². The zero-order valence-electron chi connectivity index (χ0n) is 17.9. The second kappa shape index (κ2) is 9.19. The topological polar surface area (TPSA) is 101 Å². The van der Waals surface area contributed by atoms with E-state index in [4.69, 9.17) is 14.5 Å². The average Bonchev–Trinajstić information content (AvgIpc) is 3.34. The minimum Gasteiger partial charge on any atom is -0.497 e. The first-order valence-electron chi connectivity index (χ1n) is 10.7. The van der Waals surface area contributed by atoms with E-state index in [0.29, 0.717) is 11.5 Å². The summed E-state index contributed by atoms with van der Waals surface area (Å²) in [5.41, 5.74) is 3.49. The van der Waals surface area contributed by atoms with Gasteiger partial charge in [0, 0.05) is 31.4 Å². The van der Waals surface area contributed by atoms with Gasteiger partial charge in [0.2, 0.25) is 0 Å². The van der Waals surface area contributed by atoms with E-state index < -0.39 is 0 Å². The maximum atomic E-state index is 5.42. The fourth-order valence-electron chi connectivity index (χ4n) is 3.71. The van der Waals surface area contributed by atoms with E-state index in [9.17, 15) is 0 Å². The fourth-order valence-corrected chi connectivity index (χ4v) is 3.71. The van der Waals surface area contributed by atoms with Gasteiger partial charge in [0.1, 0.15) is 17.1 Å². The molecule has 0 amide bonds. The van der Waals surface area contributed by atoms with Crippen LogP contribution in [0.1, 0.15) is 5.56 Å². The number of rotatable bonds is 7. The lowest BCUT2D eigenvalue weighted by molar-refractivity contribution is 0.122. The van der Waals surface area contributed by atoms with E-state index in [1.165, 1.54) is 5.56 Å². The van der Waals surface area contributed by atoms with Crippen molar-refractivity contribution in [1.29, 1.82) is 0 Å². The monoisotopic (exact) mass is 431 g/mol. The maximum Gasteiger partial charge on any atom is 0.183 e. The van der Waals surface area contributed by atoms with Crippen LogP contribution in [-0.2, 0) is 11.2 Å². The van der Waals surface area contributed by atoms with Crippen molar-refractivity contribution < 1.29 is 9.47 Å². The quantitative estimate of drug-likeness (QED) is 0.461. The average molecular weight is 432 g/mol. The van der Waals surface area contributed by atoms with E-state index >= 15 is 0 Å². The molecule has 9 heteroatoms. The number of aromatic amines is 1. The molecule has 32 heavy (non-hydrogen) atoms. The molecule has 9 nitrogen and oxygen atoms in total. The van der Waals surface area contributed by atoms with Crippen LogP contribution in [0.15, 0.2) is 48.9 Å². The number of methoxy groups -OCH3 is 1. The van der Waals surface area contributed by atoms with Crippen molar-refractivity contribution in [2.45, 2.75) is 6.42 Å². The van der Waals surface area contributed by atoms with Gasteiger partial charge in [-0.05, 0) is 36.2 Å². The van der Waals surface area contributed by atoms with E-state index in [2.05, 4.69) is 42.3 Å². The zero-order chi connectivity index (χ0) is 21.8. The summed E-state index contributed by atoms with van der Waals surface area (Å²) in [5.74, 6) is 3.12. The molecule has 0 radical (unpaired) electrons. The molecule has 0 unspecified atom stereocenters. The van der Waals surface area contributed by atoms with Crippen LogP contribution >= 0.6 is 0 Å². The molecule has 0 bridgehead atoms. The van der Waals surface area contributed by atoms with Crippen LogP contribution in [0.4, 0.5) is 11.6 Å². The molecule has 2 N–H and O–H groups in total. The Balaban J connectivity index is 1.33. The smallest absolute Gasteiger partial charge is 0.183 e. The minimum absolute atomic E-state index is 0.595. The molecule has 0 atom stereocenters. The molecule has 1 aliphatic rings. The van der Waals surface area contributed by atoms with Gasteiger partial charge in [0.25, 0.3) is 0 Å². The Morgan fingerprint density at radius 2 is 1.91 bits per heavy atom. The Labute approximate surface area is 185 Å². The zero-order valence-corrected chi connectivity index (χ0v) is 17.9. The Morgan fingerprint density at radius 1 is 1.06 bits per heavy atom. The van der Waals surface area contributed by atoms with E-state index in [0.717, 1.165) is 67.7 Å². The second-order valence-electron chi connectivity index (χ2n) is 7.53. The summed E-state index contributed by atoms with van der Waals surface area (Å²) >= 11 is 0. The van der Waals surface area contributed by atoms with E-state index in [-0.39, 0.29) is 0 Å². The number of benzene rings is 1. The molecule has 1 fully saturated rings. The normalized spacial score (nSPS) is 14.0. The van der Waals surface area contributed by atoms with Crippen LogP contribution in [0.5, 0.6) is 5.75 Å². The second-order valence-corrected chi connectivity index (χ2v) is 7.53. The number of nitrogens with one attached hydrogen (secondary N) is 2. The molecule has 0 spiro atoms. The molecular weight excluding hydrogens is 406 g/mol. The summed E-state index contributed by atoms with van der Waals surface area (Å²) in [6.07, 6.45) is 4.31. The van der Waals surface area contributed by atoms with Crippen molar-refractivity contribution in [3.8, 4) is 17.1 Å². The number of morpholine rings is 1. The molecule has 1 aliphatic heterocycles. The van der Waals surface area contributed by atoms with Crippen LogP contribution in [0, 0.1) is 0 Å². The predicted octanol–water partition coefficient (Wildman–Crippen LogP) is 2.91. The van der Waals surface area contributed by atoms with Gasteiger partial charge in [-0.1, -0.05) is 12.1 Å². The number of H-pyrrole nitrogens is 1. The van der Waals surface area contributed by atoms with Crippen LogP contribution in [0.2, 0.25) is 0 Å². The molecule has 164 valence electrons. The first-order chi connectivity index (χ1) is 15.8. The highest BCUT2D eigenvalue weighted by atomic mass is 16.5. The van der Waals surface area contributed by atoms with Gasteiger partial charge in [-0.15, -0.1) is 0 Å². The Bertz CT molecular complexity index is 1170.